The van der Waals surface area contributed by atoms with Crippen LogP contribution in [0.3, 0.4) is 0 Å². The maximum atomic E-state index is 6.02. The highest BCUT2D eigenvalue weighted by atomic mass is 16.5. The van der Waals surface area contributed by atoms with Crippen LogP contribution in [-0.4, -0.2) is 33.9 Å². The van der Waals surface area contributed by atoms with Crippen molar-refractivity contribution in [2.45, 2.75) is 46.1 Å². The zero-order valence-electron chi connectivity index (χ0n) is 13.6. The van der Waals surface area contributed by atoms with Crippen molar-refractivity contribution in [2.24, 2.45) is 11.3 Å². The Kier molecular flexibility index (Phi) is 3.15. The van der Waals surface area contributed by atoms with E-state index in [-0.39, 0.29) is 5.41 Å². The average molecular weight is 300 g/mol. The predicted octanol–water partition coefficient (Wildman–Crippen LogP) is 2.96. The molecule has 3 heterocycles. The molecule has 0 amide bonds. The van der Waals surface area contributed by atoms with Gasteiger partial charge in [0.25, 0.3) is 0 Å². The molecule has 2 aromatic heterocycles. The first-order valence-electron chi connectivity index (χ1n) is 8.25. The molecule has 1 aliphatic carbocycles. The summed E-state index contributed by atoms with van der Waals surface area (Å²) >= 11 is 0. The van der Waals surface area contributed by atoms with Crippen LogP contribution in [0.5, 0.6) is 0 Å². The predicted molar refractivity (Wildman–Crippen MR) is 86.1 cm³/mol. The first-order chi connectivity index (χ1) is 10.5. The quantitative estimate of drug-likeness (QED) is 0.943. The van der Waals surface area contributed by atoms with Crippen molar-refractivity contribution in [2.75, 3.05) is 18.5 Å². The third kappa shape index (κ3) is 2.37. The van der Waals surface area contributed by atoms with Gasteiger partial charge in [0.2, 0.25) is 0 Å². The smallest absolute Gasteiger partial charge is 0.157 e. The van der Waals surface area contributed by atoms with Crippen molar-refractivity contribution in [3.05, 3.63) is 23.5 Å². The zero-order valence-corrected chi connectivity index (χ0v) is 13.6. The van der Waals surface area contributed by atoms with Crippen molar-refractivity contribution in [3.8, 4) is 0 Å². The minimum absolute atomic E-state index is 0.215. The Labute approximate surface area is 131 Å². The fourth-order valence-electron chi connectivity index (χ4n) is 3.69. The molecule has 0 bridgehead atoms. The van der Waals surface area contributed by atoms with Crippen LogP contribution < -0.4 is 5.32 Å². The summed E-state index contributed by atoms with van der Waals surface area (Å²) < 4.78 is 7.93. The molecule has 1 N–H and O–H groups in total. The third-order valence-corrected chi connectivity index (χ3v) is 5.06. The molecule has 2 atom stereocenters. The molecule has 1 saturated carbocycles. The van der Waals surface area contributed by atoms with E-state index in [2.05, 4.69) is 28.4 Å². The minimum Gasteiger partial charge on any atom is -0.377 e. The fraction of sp³-hybridized carbons (Fsp3) is 0.647. The molecule has 0 spiro atoms. The second-order valence-corrected chi connectivity index (χ2v) is 7.22. The molecule has 2 fully saturated rings. The lowest BCUT2D eigenvalue weighted by Crippen LogP contribution is -2.36. The first kappa shape index (κ1) is 14.0. The van der Waals surface area contributed by atoms with Gasteiger partial charge in [-0.1, -0.05) is 6.92 Å². The Morgan fingerprint density at radius 2 is 2.14 bits per heavy atom. The van der Waals surface area contributed by atoms with E-state index in [0.29, 0.717) is 6.10 Å². The van der Waals surface area contributed by atoms with Crippen LogP contribution in [-0.2, 0) is 4.74 Å². The van der Waals surface area contributed by atoms with Gasteiger partial charge in [-0.05, 0) is 39.0 Å². The monoisotopic (exact) mass is 300 g/mol. The summed E-state index contributed by atoms with van der Waals surface area (Å²) in [5, 5.41) is 8.17. The standard InChI is InChI=1S/C17H24N4O/c1-11-8-14(21-15(19-11)9-12(2)20-21)18-10-17(3)6-7-22-16(17)13-4-5-13/h8-9,13,16,18H,4-7,10H2,1-3H3. The Bertz CT molecular complexity index is 706. The molecule has 22 heavy (non-hydrogen) atoms. The second-order valence-electron chi connectivity index (χ2n) is 7.22. The van der Waals surface area contributed by atoms with Gasteiger partial charge in [-0.15, -0.1) is 0 Å². The van der Waals surface area contributed by atoms with Gasteiger partial charge in [0.05, 0.1) is 11.8 Å². The number of aromatic nitrogens is 3. The zero-order chi connectivity index (χ0) is 15.3. The number of hydrogen-bond acceptors (Lipinski definition) is 4. The van der Waals surface area contributed by atoms with E-state index in [4.69, 9.17) is 4.74 Å². The molecule has 1 aliphatic heterocycles. The molecule has 4 rings (SSSR count). The van der Waals surface area contributed by atoms with Crippen molar-refractivity contribution in [1.82, 2.24) is 14.6 Å². The van der Waals surface area contributed by atoms with Gasteiger partial charge in [0, 0.05) is 36.4 Å². The summed E-state index contributed by atoms with van der Waals surface area (Å²) in [6, 6.07) is 4.09. The molecule has 1 saturated heterocycles. The number of fused-ring (bicyclic) bond motifs is 1. The van der Waals surface area contributed by atoms with E-state index in [9.17, 15) is 0 Å². The minimum atomic E-state index is 0.215. The number of nitrogens with one attached hydrogen (secondary N) is 1. The average Bonchev–Trinajstić information content (AvgIpc) is 3.13. The van der Waals surface area contributed by atoms with Gasteiger partial charge >= 0.3 is 0 Å². The lowest BCUT2D eigenvalue weighted by Gasteiger charge is -2.30. The normalized spacial score (nSPS) is 28.4. The van der Waals surface area contributed by atoms with Gasteiger partial charge in [-0.2, -0.15) is 9.61 Å². The fourth-order valence-corrected chi connectivity index (χ4v) is 3.69. The van der Waals surface area contributed by atoms with Crippen LogP contribution in [0.2, 0.25) is 0 Å². The van der Waals surface area contributed by atoms with Crippen molar-refractivity contribution in [3.63, 3.8) is 0 Å². The van der Waals surface area contributed by atoms with Crippen molar-refractivity contribution < 1.29 is 4.74 Å². The van der Waals surface area contributed by atoms with Crippen molar-refractivity contribution >= 4 is 11.5 Å². The molecule has 2 unspecified atom stereocenters. The van der Waals surface area contributed by atoms with Crippen LogP contribution in [0, 0.1) is 25.2 Å². The number of nitrogens with zero attached hydrogens (tertiary/aromatic N) is 3. The van der Waals surface area contributed by atoms with E-state index in [0.717, 1.165) is 48.3 Å². The second kappa shape index (κ2) is 4.95. The van der Waals surface area contributed by atoms with Gasteiger partial charge in [0.1, 0.15) is 5.82 Å². The molecule has 118 valence electrons. The summed E-state index contributed by atoms with van der Waals surface area (Å²) in [6.07, 6.45) is 4.21. The van der Waals surface area contributed by atoms with Gasteiger partial charge in [-0.3, -0.25) is 0 Å². The number of aryl methyl sites for hydroxylation is 2. The molecule has 2 aliphatic rings. The highest BCUT2D eigenvalue weighted by Gasteiger charge is 2.47. The molecular weight excluding hydrogens is 276 g/mol. The first-order valence-corrected chi connectivity index (χ1v) is 8.25. The number of rotatable bonds is 4. The van der Waals surface area contributed by atoms with Crippen molar-refractivity contribution in [1.29, 1.82) is 0 Å². The van der Waals surface area contributed by atoms with Crippen LogP contribution in [0.25, 0.3) is 5.65 Å². The maximum absolute atomic E-state index is 6.02. The Morgan fingerprint density at radius 1 is 1.32 bits per heavy atom. The Balaban J connectivity index is 1.58. The molecule has 0 aromatic carbocycles. The summed E-state index contributed by atoms with van der Waals surface area (Å²) in [5.41, 5.74) is 3.13. The van der Waals surface area contributed by atoms with Crippen LogP contribution in [0.4, 0.5) is 5.82 Å². The van der Waals surface area contributed by atoms with Gasteiger partial charge in [0.15, 0.2) is 5.65 Å². The van der Waals surface area contributed by atoms with Gasteiger partial charge in [-0.25, -0.2) is 4.98 Å². The lowest BCUT2D eigenvalue weighted by atomic mass is 9.81. The van der Waals surface area contributed by atoms with E-state index in [1.807, 2.05) is 24.4 Å². The highest BCUT2D eigenvalue weighted by Crippen LogP contribution is 2.47. The molecular formula is C17H24N4O. The molecule has 0 radical (unpaired) electrons. The van der Waals surface area contributed by atoms with Gasteiger partial charge < -0.3 is 10.1 Å². The number of ether oxygens (including phenoxy) is 1. The summed E-state index contributed by atoms with van der Waals surface area (Å²) in [6.45, 7) is 8.20. The van der Waals surface area contributed by atoms with E-state index in [1.54, 1.807) is 0 Å². The Morgan fingerprint density at radius 3 is 2.91 bits per heavy atom. The van der Waals surface area contributed by atoms with E-state index >= 15 is 0 Å². The summed E-state index contributed by atoms with van der Waals surface area (Å²) in [7, 11) is 0. The van der Waals surface area contributed by atoms with Crippen LogP contribution in [0.1, 0.15) is 37.6 Å². The lowest BCUT2D eigenvalue weighted by molar-refractivity contribution is 0.0439. The largest absolute Gasteiger partial charge is 0.377 e. The van der Waals surface area contributed by atoms with E-state index < -0.39 is 0 Å². The molecule has 5 heteroatoms. The maximum Gasteiger partial charge on any atom is 0.157 e. The third-order valence-electron chi connectivity index (χ3n) is 5.06. The topological polar surface area (TPSA) is 51.5 Å². The SMILES string of the molecule is Cc1cc(NCC2(C)CCOC2C2CC2)n2nc(C)cc2n1. The summed E-state index contributed by atoms with van der Waals surface area (Å²) in [4.78, 5) is 4.54. The highest BCUT2D eigenvalue weighted by molar-refractivity contribution is 5.50. The Hall–Kier alpha value is -1.62. The number of hydrogen-bond donors (Lipinski definition) is 1. The molecule has 2 aromatic rings. The van der Waals surface area contributed by atoms with E-state index in [1.165, 1.54) is 12.8 Å². The van der Waals surface area contributed by atoms with Crippen LogP contribution >= 0.6 is 0 Å². The molecule has 5 nitrogen and oxygen atoms in total. The summed E-state index contributed by atoms with van der Waals surface area (Å²) in [5.74, 6) is 1.80. The van der Waals surface area contributed by atoms with Crippen LogP contribution in [0.15, 0.2) is 12.1 Å². The number of anilines is 1.